The topological polar surface area (TPSA) is 108 Å². The lowest BCUT2D eigenvalue weighted by molar-refractivity contribution is -0.159. The monoisotopic (exact) mass is 427 g/mol. The largest absolute Gasteiger partial charge is 0.469 e. The van der Waals surface area contributed by atoms with Crippen LogP contribution in [0.15, 0.2) is 60.7 Å². The van der Waals surface area contributed by atoms with Crippen molar-refractivity contribution in [1.82, 2.24) is 5.32 Å². The van der Waals surface area contributed by atoms with Crippen LogP contribution in [0.2, 0.25) is 0 Å². The third-order valence-electron chi connectivity index (χ3n) is 4.80. The Morgan fingerprint density at radius 3 is 1.65 bits per heavy atom. The number of methoxy groups -OCH3 is 3. The molecule has 0 aliphatic rings. The van der Waals surface area contributed by atoms with Gasteiger partial charge in [-0.05, 0) is 11.1 Å². The zero-order valence-electron chi connectivity index (χ0n) is 17.6. The van der Waals surface area contributed by atoms with Gasteiger partial charge in [-0.1, -0.05) is 60.7 Å². The van der Waals surface area contributed by atoms with Crippen LogP contribution in [0.3, 0.4) is 0 Å². The Hall–Kier alpha value is -3.68. The molecule has 0 radical (unpaired) electrons. The lowest BCUT2D eigenvalue weighted by Crippen LogP contribution is -2.51. The van der Waals surface area contributed by atoms with Gasteiger partial charge in [-0.25, -0.2) is 4.79 Å². The minimum atomic E-state index is -1.45. The summed E-state index contributed by atoms with van der Waals surface area (Å²) in [5.41, 5.74) is 1.38. The summed E-state index contributed by atoms with van der Waals surface area (Å²) in [4.78, 5) is 50.0. The van der Waals surface area contributed by atoms with E-state index in [0.29, 0.717) is 11.1 Å². The summed E-state index contributed by atoms with van der Waals surface area (Å²) in [7, 11) is 3.41. The highest BCUT2D eigenvalue weighted by molar-refractivity contribution is 5.94. The van der Waals surface area contributed by atoms with E-state index in [9.17, 15) is 19.2 Å². The quantitative estimate of drug-likeness (QED) is 0.480. The Morgan fingerprint density at radius 2 is 1.23 bits per heavy atom. The van der Waals surface area contributed by atoms with E-state index >= 15 is 0 Å². The van der Waals surface area contributed by atoms with Gasteiger partial charge in [0.2, 0.25) is 5.91 Å². The van der Waals surface area contributed by atoms with Gasteiger partial charge in [-0.15, -0.1) is 0 Å². The summed E-state index contributed by atoms with van der Waals surface area (Å²) < 4.78 is 14.1. The first kappa shape index (κ1) is 23.6. The van der Waals surface area contributed by atoms with Crippen molar-refractivity contribution in [3.05, 3.63) is 71.8 Å². The molecule has 0 heterocycles. The molecule has 0 aliphatic carbocycles. The van der Waals surface area contributed by atoms with Crippen LogP contribution < -0.4 is 5.32 Å². The van der Waals surface area contributed by atoms with Crippen LogP contribution in [0, 0.1) is 5.92 Å². The van der Waals surface area contributed by atoms with Gasteiger partial charge in [0.1, 0.15) is 6.04 Å². The maximum Gasteiger partial charge on any atom is 0.329 e. The molecule has 0 spiro atoms. The smallest absolute Gasteiger partial charge is 0.329 e. The van der Waals surface area contributed by atoms with E-state index in [1.807, 2.05) is 12.1 Å². The highest BCUT2D eigenvalue weighted by Gasteiger charge is 2.40. The minimum Gasteiger partial charge on any atom is -0.469 e. The fourth-order valence-electron chi connectivity index (χ4n) is 3.23. The molecule has 8 heteroatoms. The van der Waals surface area contributed by atoms with E-state index in [-0.39, 0.29) is 0 Å². The lowest BCUT2D eigenvalue weighted by Gasteiger charge is -2.26. The lowest BCUT2D eigenvalue weighted by atomic mass is 9.89. The number of rotatable bonds is 9. The number of carbonyl (C=O) groups excluding carboxylic acids is 4. The highest BCUT2D eigenvalue weighted by Crippen LogP contribution is 2.26. The first-order valence-corrected chi connectivity index (χ1v) is 9.55. The second-order valence-corrected chi connectivity index (χ2v) is 6.67. The summed E-state index contributed by atoms with van der Waals surface area (Å²) in [5.74, 6) is -5.08. The van der Waals surface area contributed by atoms with Crippen LogP contribution in [0.1, 0.15) is 23.5 Å². The van der Waals surface area contributed by atoms with E-state index in [4.69, 9.17) is 9.47 Å². The number of hydrogen-bond acceptors (Lipinski definition) is 7. The zero-order chi connectivity index (χ0) is 22.8. The van der Waals surface area contributed by atoms with Gasteiger partial charge in [0.25, 0.3) is 0 Å². The second-order valence-electron chi connectivity index (χ2n) is 6.67. The number of ether oxygens (including phenoxy) is 3. The van der Waals surface area contributed by atoms with E-state index < -0.39 is 48.1 Å². The molecule has 31 heavy (non-hydrogen) atoms. The highest BCUT2D eigenvalue weighted by atomic mass is 16.5. The molecule has 0 unspecified atom stereocenters. The van der Waals surface area contributed by atoms with Gasteiger partial charge in [0, 0.05) is 0 Å². The Labute approximate surface area is 180 Å². The van der Waals surface area contributed by atoms with Crippen molar-refractivity contribution in [2.24, 2.45) is 5.92 Å². The second kappa shape index (κ2) is 11.5. The van der Waals surface area contributed by atoms with Crippen molar-refractivity contribution in [1.29, 1.82) is 0 Å². The number of carbonyl (C=O) groups is 4. The van der Waals surface area contributed by atoms with Crippen molar-refractivity contribution in [3.8, 4) is 0 Å². The van der Waals surface area contributed by atoms with Crippen LogP contribution in [0.5, 0.6) is 0 Å². The normalized spacial score (nSPS) is 12.4. The fourth-order valence-corrected chi connectivity index (χ4v) is 3.23. The van der Waals surface area contributed by atoms with Crippen molar-refractivity contribution in [2.75, 3.05) is 21.3 Å². The molecule has 0 aliphatic heterocycles. The molecule has 1 N–H and O–H groups in total. The van der Waals surface area contributed by atoms with Crippen LogP contribution in [-0.4, -0.2) is 51.2 Å². The first-order chi connectivity index (χ1) is 14.9. The average Bonchev–Trinajstić information content (AvgIpc) is 2.81. The van der Waals surface area contributed by atoms with E-state index in [1.54, 1.807) is 48.5 Å². The Kier molecular flexibility index (Phi) is 8.75. The molecule has 1 amide bonds. The molecule has 8 nitrogen and oxygen atoms in total. The molecular formula is C23H25NO7. The number of amides is 1. The maximum absolute atomic E-state index is 13.4. The van der Waals surface area contributed by atoms with Gasteiger partial charge in [0.05, 0.1) is 39.6 Å². The predicted octanol–water partition coefficient (Wildman–Crippen LogP) is 1.83. The number of nitrogens with one attached hydrogen (secondary N) is 1. The van der Waals surface area contributed by atoms with Crippen molar-refractivity contribution < 1.29 is 33.4 Å². The fraction of sp³-hybridized carbons (Fsp3) is 0.304. The van der Waals surface area contributed by atoms with Gasteiger partial charge in [0.15, 0.2) is 0 Å². The van der Waals surface area contributed by atoms with Gasteiger partial charge < -0.3 is 19.5 Å². The van der Waals surface area contributed by atoms with E-state index in [2.05, 4.69) is 10.1 Å². The Morgan fingerprint density at radius 1 is 0.742 bits per heavy atom. The summed E-state index contributed by atoms with van der Waals surface area (Å²) in [6.45, 7) is 0. The Bertz CT molecular complexity index is 859. The third-order valence-corrected chi connectivity index (χ3v) is 4.80. The number of esters is 3. The molecule has 0 saturated heterocycles. The summed E-state index contributed by atoms with van der Waals surface area (Å²) in [5, 5.41) is 2.59. The van der Waals surface area contributed by atoms with Crippen LogP contribution >= 0.6 is 0 Å². The maximum atomic E-state index is 13.4. The van der Waals surface area contributed by atoms with Crippen LogP contribution in [0.4, 0.5) is 0 Å². The molecule has 0 saturated carbocycles. The molecule has 2 aromatic rings. The Balaban J connectivity index is 2.43. The summed E-state index contributed by atoms with van der Waals surface area (Å²) in [6, 6.07) is 16.5. The van der Waals surface area contributed by atoms with Crippen molar-refractivity contribution in [2.45, 2.75) is 18.4 Å². The molecule has 164 valence electrons. The van der Waals surface area contributed by atoms with Gasteiger partial charge in [-0.3, -0.25) is 14.4 Å². The molecule has 2 rings (SSSR count). The summed E-state index contributed by atoms with van der Waals surface area (Å²) >= 11 is 0. The number of benzene rings is 2. The molecule has 0 bridgehead atoms. The van der Waals surface area contributed by atoms with Crippen LogP contribution in [-0.2, 0) is 33.4 Å². The van der Waals surface area contributed by atoms with Crippen molar-refractivity contribution in [3.63, 3.8) is 0 Å². The number of hydrogen-bond donors (Lipinski definition) is 1. The van der Waals surface area contributed by atoms with Gasteiger partial charge in [-0.2, -0.15) is 0 Å². The summed E-state index contributed by atoms with van der Waals surface area (Å²) in [6.07, 6.45) is -0.468. The SMILES string of the molecule is COC(=O)C[C@@H](C(=O)OC)[C@H](NC(=O)C(c1ccccc1)c1ccccc1)C(=O)OC. The van der Waals surface area contributed by atoms with Crippen LogP contribution in [0.25, 0.3) is 0 Å². The molecule has 2 aromatic carbocycles. The van der Waals surface area contributed by atoms with E-state index in [0.717, 1.165) is 21.3 Å². The molecule has 2 atom stereocenters. The zero-order valence-corrected chi connectivity index (χ0v) is 17.6. The van der Waals surface area contributed by atoms with Gasteiger partial charge >= 0.3 is 17.9 Å². The third kappa shape index (κ3) is 6.15. The standard InChI is InChI=1S/C23H25NO7/c1-29-18(25)14-17(22(27)30-2)20(23(28)31-3)24-21(26)19(15-10-6-4-7-11-15)16-12-8-5-9-13-16/h4-13,17,19-20H,14H2,1-3H3,(H,24,26)/t17-,20+/m1/s1. The molecule has 0 fully saturated rings. The predicted molar refractivity (Wildman–Crippen MR) is 111 cm³/mol. The molecule has 0 aromatic heterocycles. The first-order valence-electron chi connectivity index (χ1n) is 9.55. The van der Waals surface area contributed by atoms with E-state index in [1.165, 1.54) is 0 Å². The average molecular weight is 427 g/mol. The van der Waals surface area contributed by atoms with Crippen molar-refractivity contribution >= 4 is 23.8 Å². The minimum absolute atomic E-state index is 0.468. The molecular weight excluding hydrogens is 402 g/mol.